The van der Waals surface area contributed by atoms with Crippen LogP contribution in [0.2, 0.25) is 0 Å². The zero-order valence-electron chi connectivity index (χ0n) is 12.0. The second kappa shape index (κ2) is 5.74. The second-order valence-electron chi connectivity index (χ2n) is 4.83. The first-order chi connectivity index (χ1) is 10.2. The van der Waals surface area contributed by atoms with Gasteiger partial charge in [-0.1, -0.05) is 12.1 Å². The van der Waals surface area contributed by atoms with E-state index in [1.54, 1.807) is 13.3 Å². The highest BCUT2D eigenvalue weighted by Gasteiger charge is 2.17. The summed E-state index contributed by atoms with van der Waals surface area (Å²) < 4.78 is 7.29. The SMILES string of the molecule is COc1ccc(C(C)n2c(CCl)nc3cccnc32)cc1. The van der Waals surface area contributed by atoms with Crippen molar-refractivity contribution in [3.63, 3.8) is 0 Å². The van der Waals surface area contributed by atoms with Gasteiger partial charge in [0.05, 0.1) is 19.0 Å². The maximum absolute atomic E-state index is 6.05. The van der Waals surface area contributed by atoms with Crippen LogP contribution in [0.1, 0.15) is 24.4 Å². The third-order valence-electron chi connectivity index (χ3n) is 3.63. The Morgan fingerprint density at radius 3 is 2.67 bits per heavy atom. The van der Waals surface area contributed by atoms with Crippen molar-refractivity contribution >= 4 is 22.8 Å². The number of alkyl halides is 1. The molecule has 4 nitrogen and oxygen atoms in total. The molecule has 5 heteroatoms. The molecule has 2 aromatic heterocycles. The molecule has 0 bridgehead atoms. The summed E-state index contributed by atoms with van der Waals surface area (Å²) in [6.07, 6.45) is 1.78. The molecular formula is C16H16ClN3O. The minimum atomic E-state index is 0.101. The first-order valence-electron chi connectivity index (χ1n) is 6.76. The van der Waals surface area contributed by atoms with Gasteiger partial charge < -0.3 is 9.30 Å². The standard InChI is InChI=1S/C16H16ClN3O/c1-11(12-5-7-13(21-2)8-6-12)20-15(10-17)19-14-4-3-9-18-16(14)20/h3-9,11H,10H2,1-2H3. The Balaban J connectivity index is 2.09. The number of hydrogen-bond acceptors (Lipinski definition) is 3. The maximum Gasteiger partial charge on any atom is 0.160 e. The van der Waals surface area contributed by atoms with Crippen LogP contribution in [0.5, 0.6) is 5.75 Å². The topological polar surface area (TPSA) is 39.9 Å². The van der Waals surface area contributed by atoms with E-state index >= 15 is 0 Å². The molecule has 108 valence electrons. The van der Waals surface area contributed by atoms with Crippen molar-refractivity contribution in [1.82, 2.24) is 14.5 Å². The molecule has 0 aliphatic rings. The zero-order valence-corrected chi connectivity index (χ0v) is 12.7. The van der Waals surface area contributed by atoms with E-state index < -0.39 is 0 Å². The fraction of sp³-hybridized carbons (Fsp3) is 0.250. The van der Waals surface area contributed by atoms with Crippen LogP contribution in [0.3, 0.4) is 0 Å². The molecule has 0 radical (unpaired) electrons. The lowest BCUT2D eigenvalue weighted by molar-refractivity contribution is 0.414. The smallest absolute Gasteiger partial charge is 0.160 e. The highest BCUT2D eigenvalue weighted by molar-refractivity contribution is 6.16. The lowest BCUT2D eigenvalue weighted by Crippen LogP contribution is -2.10. The van der Waals surface area contributed by atoms with E-state index in [0.29, 0.717) is 5.88 Å². The van der Waals surface area contributed by atoms with Crippen LogP contribution in [0.15, 0.2) is 42.6 Å². The quantitative estimate of drug-likeness (QED) is 0.688. The molecule has 0 amide bonds. The van der Waals surface area contributed by atoms with Gasteiger partial charge in [-0.3, -0.25) is 0 Å². The van der Waals surface area contributed by atoms with Crippen molar-refractivity contribution in [2.24, 2.45) is 0 Å². The van der Waals surface area contributed by atoms with Crippen LogP contribution < -0.4 is 4.74 Å². The highest BCUT2D eigenvalue weighted by atomic mass is 35.5. The number of nitrogens with zero attached hydrogens (tertiary/aromatic N) is 3. The molecule has 0 spiro atoms. The average molecular weight is 302 g/mol. The van der Waals surface area contributed by atoms with Crippen molar-refractivity contribution in [1.29, 1.82) is 0 Å². The second-order valence-corrected chi connectivity index (χ2v) is 5.09. The fourth-order valence-electron chi connectivity index (χ4n) is 2.51. The summed E-state index contributed by atoms with van der Waals surface area (Å²) in [6, 6.07) is 12.0. The molecule has 1 atom stereocenters. The predicted molar refractivity (Wildman–Crippen MR) is 83.9 cm³/mol. The van der Waals surface area contributed by atoms with E-state index in [1.807, 2.05) is 24.3 Å². The molecular weight excluding hydrogens is 286 g/mol. The number of rotatable bonds is 4. The molecule has 1 aromatic carbocycles. The number of benzene rings is 1. The minimum Gasteiger partial charge on any atom is -0.497 e. The van der Waals surface area contributed by atoms with Crippen LogP contribution in [0, 0.1) is 0 Å². The number of methoxy groups -OCH3 is 1. The molecule has 0 saturated carbocycles. The Kier molecular flexibility index (Phi) is 3.80. The molecule has 0 aliphatic heterocycles. The Morgan fingerprint density at radius 1 is 1.24 bits per heavy atom. The van der Waals surface area contributed by atoms with Crippen molar-refractivity contribution in [2.45, 2.75) is 18.8 Å². The van der Waals surface area contributed by atoms with Gasteiger partial charge in [0, 0.05) is 6.20 Å². The zero-order chi connectivity index (χ0) is 14.8. The maximum atomic E-state index is 6.05. The van der Waals surface area contributed by atoms with Crippen molar-refractivity contribution in [3.8, 4) is 5.75 Å². The number of ether oxygens (including phenoxy) is 1. The first kappa shape index (κ1) is 13.9. The van der Waals surface area contributed by atoms with Gasteiger partial charge in [0.15, 0.2) is 5.65 Å². The van der Waals surface area contributed by atoms with E-state index in [9.17, 15) is 0 Å². The Labute approximate surface area is 128 Å². The first-order valence-corrected chi connectivity index (χ1v) is 7.29. The monoisotopic (exact) mass is 301 g/mol. The van der Waals surface area contributed by atoms with Crippen LogP contribution >= 0.6 is 11.6 Å². The van der Waals surface area contributed by atoms with Gasteiger partial charge in [-0.25, -0.2) is 9.97 Å². The van der Waals surface area contributed by atoms with E-state index in [2.05, 4.69) is 33.6 Å². The van der Waals surface area contributed by atoms with Crippen molar-refractivity contribution in [3.05, 3.63) is 54.0 Å². The molecule has 0 aliphatic carbocycles. The Morgan fingerprint density at radius 2 is 2.00 bits per heavy atom. The van der Waals surface area contributed by atoms with Gasteiger partial charge in [-0.05, 0) is 36.8 Å². The number of aromatic nitrogens is 3. The lowest BCUT2D eigenvalue weighted by atomic mass is 10.1. The normalized spacial score (nSPS) is 12.5. The van der Waals surface area contributed by atoms with Crippen LogP contribution in [0.4, 0.5) is 0 Å². The number of pyridine rings is 1. The molecule has 3 rings (SSSR count). The Bertz CT molecular complexity index is 752. The number of hydrogen-bond donors (Lipinski definition) is 0. The highest BCUT2D eigenvalue weighted by Crippen LogP contribution is 2.26. The predicted octanol–water partition coefficient (Wildman–Crippen LogP) is 3.79. The summed E-state index contributed by atoms with van der Waals surface area (Å²) in [6.45, 7) is 2.12. The van der Waals surface area contributed by atoms with Crippen LogP contribution in [0.25, 0.3) is 11.2 Å². The molecule has 1 unspecified atom stereocenters. The van der Waals surface area contributed by atoms with Crippen molar-refractivity contribution in [2.75, 3.05) is 7.11 Å². The minimum absolute atomic E-state index is 0.101. The fourth-order valence-corrected chi connectivity index (χ4v) is 2.70. The van der Waals surface area contributed by atoms with Crippen LogP contribution in [-0.4, -0.2) is 21.6 Å². The van der Waals surface area contributed by atoms with Gasteiger partial charge in [-0.2, -0.15) is 0 Å². The summed E-state index contributed by atoms with van der Waals surface area (Å²) >= 11 is 6.05. The number of fused-ring (bicyclic) bond motifs is 1. The summed E-state index contributed by atoms with van der Waals surface area (Å²) in [7, 11) is 1.66. The summed E-state index contributed by atoms with van der Waals surface area (Å²) in [5.74, 6) is 2.03. The summed E-state index contributed by atoms with van der Waals surface area (Å²) in [5, 5.41) is 0. The van der Waals surface area contributed by atoms with Gasteiger partial charge in [0.25, 0.3) is 0 Å². The van der Waals surface area contributed by atoms with E-state index in [0.717, 1.165) is 28.3 Å². The molecule has 0 N–H and O–H groups in total. The van der Waals surface area contributed by atoms with Crippen LogP contribution in [-0.2, 0) is 5.88 Å². The summed E-state index contributed by atoms with van der Waals surface area (Å²) in [4.78, 5) is 9.00. The average Bonchev–Trinajstić information content (AvgIpc) is 2.92. The number of halogens is 1. The van der Waals surface area contributed by atoms with Gasteiger partial charge in [0.1, 0.15) is 17.1 Å². The number of imidazole rings is 1. The molecule has 3 aromatic rings. The van der Waals surface area contributed by atoms with E-state index in [4.69, 9.17) is 16.3 Å². The van der Waals surface area contributed by atoms with Crippen molar-refractivity contribution < 1.29 is 4.74 Å². The Hall–Kier alpha value is -2.07. The lowest BCUT2D eigenvalue weighted by Gasteiger charge is -2.17. The van der Waals surface area contributed by atoms with Gasteiger partial charge >= 0.3 is 0 Å². The third-order valence-corrected chi connectivity index (χ3v) is 3.87. The largest absolute Gasteiger partial charge is 0.497 e. The van der Waals surface area contributed by atoms with E-state index in [-0.39, 0.29) is 6.04 Å². The molecule has 0 fully saturated rings. The van der Waals surface area contributed by atoms with Gasteiger partial charge in [0.2, 0.25) is 0 Å². The van der Waals surface area contributed by atoms with Gasteiger partial charge in [-0.15, -0.1) is 11.6 Å². The third kappa shape index (κ3) is 2.47. The molecule has 0 saturated heterocycles. The molecule has 21 heavy (non-hydrogen) atoms. The molecule has 2 heterocycles. The summed E-state index contributed by atoms with van der Waals surface area (Å²) in [5.41, 5.74) is 2.89. The van der Waals surface area contributed by atoms with E-state index in [1.165, 1.54) is 0 Å².